The van der Waals surface area contributed by atoms with Crippen molar-refractivity contribution < 1.29 is 0 Å². The van der Waals surface area contributed by atoms with E-state index in [1.54, 1.807) is 0 Å². The number of rotatable bonds is 2. The molecule has 0 heterocycles. The second kappa shape index (κ2) is 5.51. The van der Waals surface area contributed by atoms with Crippen molar-refractivity contribution in [2.24, 2.45) is 0 Å². The number of fused-ring (bicyclic) bond motifs is 1. The molecule has 0 aliphatic rings. The third-order valence-electron chi connectivity index (χ3n) is 2.53. The first-order chi connectivity index (χ1) is 7.67. The van der Waals surface area contributed by atoms with Gasteiger partial charge in [0, 0.05) is 19.6 Å². The molecule has 0 unspecified atom stereocenters. The van der Waals surface area contributed by atoms with Crippen molar-refractivity contribution in [3.8, 4) is 0 Å². The molecule has 0 amide bonds. The minimum atomic E-state index is 0.875. The highest BCUT2D eigenvalue weighted by Gasteiger charge is 2.07. The van der Waals surface area contributed by atoms with Gasteiger partial charge in [-0.2, -0.15) is 0 Å². The van der Waals surface area contributed by atoms with E-state index in [2.05, 4.69) is 88.0 Å². The van der Waals surface area contributed by atoms with Crippen LogP contribution in [-0.4, -0.2) is 0 Å². The van der Waals surface area contributed by atoms with E-state index in [9.17, 15) is 0 Å². The summed E-state index contributed by atoms with van der Waals surface area (Å²) in [6.45, 7) is 0. The molecule has 0 saturated heterocycles. The summed E-state index contributed by atoms with van der Waals surface area (Å²) in [7, 11) is 0. The fraction of sp³-hybridized carbons (Fsp3) is 0.167. The number of alkyl halides is 2. The third-order valence-corrected chi connectivity index (χ3v) is 5.58. The molecule has 0 aliphatic heterocycles. The fourth-order valence-electron chi connectivity index (χ4n) is 1.69. The molecule has 0 aromatic heterocycles. The molecule has 84 valence electrons. The standard InChI is InChI=1S/C12H8Br4/c13-5-7-1-2-8(6-14)10-4-12(16)11(15)3-9(7)10/h1-4H,5-6H2. The van der Waals surface area contributed by atoms with E-state index in [1.165, 1.54) is 21.9 Å². The number of halogens is 4. The molecule has 0 aliphatic carbocycles. The van der Waals surface area contributed by atoms with Gasteiger partial charge in [-0.15, -0.1) is 0 Å². The van der Waals surface area contributed by atoms with Gasteiger partial charge in [-0.05, 0) is 65.9 Å². The van der Waals surface area contributed by atoms with Crippen LogP contribution in [0.1, 0.15) is 11.1 Å². The molecule has 4 heteroatoms. The van der Waals surface area contributed by atoms with Crippen molar-refractivity contribution in [3.05, 3.63) is 44.3 Å². The lowest BCUT2D eigenvalue weighted by molar-refractivity contribution is 1.41. The van der Waals surface area contributed by atoms with E-state index in [4.69, 9.17) is 0 Å². The van der Waals surface area contributed by atoms with Crippen LogP contribution >= 0.6 is 63.7 Å². The SMILES string of the molecule is BrCc1ccc(CBr)c2cc(Br)c(Br)cc12. The Labute approximate surface area is 128 Å². The largest absolute Gasteiger partial charge is 0.0876 e. The molecule has 2 aromatic rings. The highest BCUT2D eigenvalue weighted by atomic mass is 79.9. The number of hydrogen-bond acceptors (Lipinski definition) is 0. The zero-order chi connectivity index (χ0) is 11.7. The van der Waals surface area contributed by atoms with Gasteiger partial charge in [0.15, 0.2) is 0 Å². The van der Waals surface area contributed by atoms with Crippen LogP contribution in [0.2, 0.25) is 0 Å². The molecule has 0 spiro atoms. The summed E-state index contributed by atoms with van der Waals surface area (Å²) in [5.74, 6) is 0. The minimum absolute atomic E-state index is 0.875. The predicted octanol–water partition coefficient (Wildman–Crippen LogP) is 6.15. The van der Waals surface area contributed by atoms with E-state index >= 15 is 0 Å². The Morgan fingerprint density at radius 2 is 1.12 bits per heavy atom. The molecule has 16 heavy (non-hydrogen) atoms. The van der Waals surface area contributed by atoms with Crippen molar-refractivity contribution in [1.82, 2.24) is 0 Å². The Bertz CT molecular complexity index is 486. The third kappa shape index (κ3) is 2.40. The quantitative estimate of drug-likeness (QED) is 0.461. The molecule has 0 atom stereocenters. The summed E-state index contributed by atoms with van der Waals surface area (Å²) in [4.78, 5) is 0. The highest BCUT2D eigenvalue weighted by Crippen LogP contribution is 2.33. The monoisotopic (exact) mass is 468 g/mol. The van der Waals surface area contributed by atoms with Crippen LogP contribution in [0.15, 0.2) is 33.2 Å². The smallest absolute Gasteiger partial charge is 0.0323 e. The summed E-state index contributed by atoms with van der Waals surface area (Å²) in [5, 5.41) is 4.34. The topological polar surface area (TPSA) is 0 Å². The van der Waals surface area contributed by atoms with E-state index in [0.29, 0.717) is 0 Å². The van der Waals surface area contributed by atoms with Crippen molar-refractivity contribution in [3.63, 3.8) is 0 Å². The van der Waals surface area contributed by atoms with Crippen LogP contribution in [0.3, 0.4) is 0 Å². The van der Waals surface area contributed by atoms with E-state index in [0.717, 1.165) is 19.6 Å². The first-order valence-electron chi connectivity index (χ1n) is 4.68. The van der Waals surface area contributed by atoms with Gasteiger partial charge in [-0.3, -0.25) is 0 Å². The van der Waals surface area contributed by atoms with Crippen LogP contribution in [-0.2, 0) is 10.7 Å². The van der Waals surface area contributed by atoms with Gasteiger partial charge >= 0.3 is 0 Å². The molecule has 2 rings (SSSR count). The lowest BCUT2D eigenvalue weighted by atomic mass is 10.0. The predicted molar refractivity (Wildman–Crippen MR) is 84.6 cm³/mol. The summed E-state index contributed by atoms with van der Waals surface area (Å²) >= 11 is 14.2. The Hall–Kier alpha value is 0.620. The van der Waals surface area contributed by atoms with Crippen molar-refractivity contribution in [2.75, 3.05) is 0 Å². The molecular weight excluding hydrogens is 464 g/mol. The summed E-state index contributed by atoms with van der Waals surface area (Å²) < 4.78 is 2.18. The molecular formula is C12H8Br4. The van der Waals surface area contributed by atoms with Gasteiger partial charge in [-0.25, -0.2) is 0 Å². The van der Waals surface area contributed by atoms with Crippen LogP contribution < -0.4 is 0 Å². The average molecular weight is 472 g/mol. The summed E-state index contributed by atoms with van der Waals surface area (Å²) in [6, 6.07) is 8.69. The molecule has 0 bridgehead atoms. The van der Waals surface area contributed by atoms with Gasteiger partial charge in [0.05, 0.1) is 0 Å². The molecule has 0 radical (unpaired) electrons. The van der Waals surface area contributed by atoms with Crippen molar-refractivity contribution in [2.45, 2.75) is 10.7 Å². The van der Waals surface area contributed by atoms with E-state index < -0.39 is 0 Å². The Balaban J connectivity index is 2.85. The Morgan fingerprint density at radius 3 is 1.44 bits per heavy atom. The maximum atomic E-state index is 3.55. The summed E-state index contributed by atoms with van der Waals surface area (Å²) in [5.41, 5.74) is 2.63. The zero-order valence-corrected chi connectivity index (χ0v) is 14.6. The van der Waals surface area contributed by atoms with Crippen LogP contribution in [0.4, 0.5) is 0 Å². The van der Waals surface area contributed by atoms with Crippen molar-refractivity contribution >= 4 is 74.5 Å². The van der Waals surface area contributed by atoms with Crippen LogP contribution in [0, 0.1) is 0 Å². The number of benzene rings is 2. The second-order valence-corrected chi connectivity index (χ2v) is 6.29. The maximum Gasteiger partial charge on any atom is 0.0323 e. The van der Waals surface area contributed by atoms with Crippen LogP contribution in [0.25, 0.3) is 10.8 Å². The van der Waals surface area contributed by atoms with Gasteiger partial charge in [0.1, 0.15) is 0 Å². The Kier molecular flexibility index (Phi) is 4.50. The first kappa shape index (κ1) is 13.1. The Morgan fingerprint density at radius 1 is 0.750 bits per heavy atom. The van der Waals surface area contributed by atoms with Gasteiger partial charge in [0.2, 0.25) is 0 Å². The zero-order valence-electron chi connectivity index (χ0n) is 8.24. The highest BCUT2D eigenvalue weighted by molar-refractivity contribution is 9.13. The fourth-order valence-corrected chi connectivity index (χ4v) is 3.36. The van der Waals surface area contributed by atoms with E-state index in [-0.39, 0.29) is 0 Å². The van der Waals surface area contributed by atoms with Crippen molar-refractivity contribution in [1.29, 1.82) is 0 Å². The number of hydrogen-bond donors (Lipinski definition) is 0. The maximum absolute atomic E-state index is 3.55. The summed E-state index contributed by atoms with van der Waals surface area (Å²) in [6.07, 6.45) is 0. The molecule has 0 fully saturated rings. The molecule has 0 nitrogen and oxygen atoms in total. The molecule has 0 N–H and O–H groups in total. The van der Waals surface area contributed by atoms with Crippen LogP contribution in [0.5, 0.6) is 0 Å². The lowest BCUT2D eigenvalue weighted by Gasteiger charge is -2.10. The van der Waals surface area contributed by atoms with Gasteiger partial charge in [0.25, 0.3) is 0 Å². The first-order valence-corrected chi connectivity index (χ1v) is 8.51. The molecule has 2 aromatic carbocycles. The van der Waals surface area contributed by atoms with Gasteiger partial charge < -0.3 is 0 Å². The minimum Gasteiger partial charge on any atom is -0.0876 e. The molecule has 0 saturated carbocycles. The lowest BCUT2D eigenvalue weighted by Crippen LogP contribution is -1.88. The average Bonchev–Trinajstić information content (AvgIpc) is 2.29. The van der Waals surface area contributed by atoms with Gasteiger partial charge in [-0.1, -0.05) is 44.0 Å². The second-order valence-electron chi connectivity index (χ2n) is 3.46. The normalized spacial score (nSPS) is 11.0. The van der Waals surface area contributed by atoms with E-state index in [1.807, 2.05) is 0 Å².